The summed E-state index contributed by atoms with van der Waals surface area (Å²) in [5.74, 6) is 0.104. The van der Waals surface area contributed by atoms with Gasteiger partial charge in [-0.2, -0.15) is 0 Å². The van der Waals surface area contributed by atoms with E-state index in [1.165, 1.54) is 0 Å². The summed E-state index contributed by atoms with van der Waals surface area (Å²) in [5.41, 5.74) is 2.54. The van der Waals surface area contributed by atoms with Gasteiger partial charge in [0.1, 0.15) is 0 Å². The van der Waals surface area contributed by atoms with Crippen molar-refractivity contribution in [3.05, 3.63) is 58.9 Å². The van der Waals surface area contributed by atoms with Crippen LogP contribution in [0.5, 0.6) is 0 Å². The van der Waals surface area contributed by atoms with Gasteiger partial charge in [0, 0.05) is 42.0 Å². The number of thiazole rings is 1. The molecule has 2 fully saturated rings. The molecular formula is C21H22N4O2S. The summed E-state index contributed by atoms with van der Waals surface area (Å²) >= 11 is 1.57. The maximum Gasteiger partial charge on any atom is 0.251 e. The minimum atomic E-state index is -0.0103. The Morgan fingerprint density at radius 1 is 1.18 bits per heavy atom. The van der Waals surface area contributed by atoms with Crippen molar-refractivity contribution in [2.75, 3.05) is 0 Å². The van der Waals surface area contributed by atoms with E-state index in [1.54, 1.807) is 11.3 Å². The molecule has 2 saturated carbocycles. The van der Waals surface area contributed by atoms with Crippen LogP contribution < -0.4 is 5.32 Å². The van der Waals surface area contributed by atoms with Crippen molar-refractivity contribution in [1.82, 2.24) is 19.6 Å². The standard InChI is InChI=1S/C21H22N4O2S/c26-19(11-17-13-24-9-10-28-21(24)23-17)25(18-7-8-18)12-14-1-3-15(4-2-14)20(27)22-16-5-6-16/h1-4,9-10,13,16,18H,5-8,11-12H2,(H,22,27). The molecular weight excluding hydrogens is 372 g/mol. The van der Waals surface area contributed by atoms with Crippen molar-refractivity contribution >= 4 is 28.1 Å². The number of hydrogen-bond donors (Lipinski definition) is 1. The number of carbonyl (C=O) groups excluding carboxylic acids is 2. The van der Waals surface area contributed by atoms with Crippen molar-refractivity contribution in [3.8, 4) is 0 Å². The largest absolute Gasteiger partial charge is 0.349 e. The molecule has 0 spiro atoms. The number of imidazole rings is 1. The maximum absolute atomic E-state index is 12.9. The third-order valence-electron chi connectivity index (χ3n) is 5.27. The van der Waals surface area contributed by atoms with Gasteiger partial charge in [0.25, 0.3) is 5.91 Å². The Labute approximate surface area is 167 Å². The van der Waals surface area contributed by atoms with Gasteiger partial charge in [-0.25, -0.2) is 4.98 Å². The topological polar surface area (TPSA) is 66.7 Å². The zero-order valence-corrected chi connectivity index (χ0v) is 16.3. The van der Waals surface area contributed by atoms with Crippen LogP contribution in [0.25, 0.3) is 4.96 Å². The molecule has 2 aliphatic rings. The van der Waals surface area contributed by atoms with Gasteiger partial charge in [-0.1, -0.05) is 12.1 Å². The van der Waals surface area contributed by atoms with Crippen LogP contribution in [0.1, 0.15) is 47.3 Å². The summed E-state index contributed by atoms with van der Waals surface area (Å²) in [6.45, 7) is 0.580. The molecule has 1 aromatic carbocycles. The lowest BCUT2D eigenvalue weighted by molar-refractivity contribution is -0.131. The van der Waals surface area contributed by atoms with Gasteiger partial charge in [0.15, 0.2) is 4.96 Å². The van der Waals surface area contributed by atoms with Crippen molar-refractivity contribution < 1.29 is 9.59 Å². The first-order valence-electron chi connectivity index (χ1n) is 9.76. The fourth-order valence-electron chi connectivity index (χ4n) is 3.38. The highest BCUT2D eigenvalue weighted by Gasteiger charge is 2.32. The number of rotatable bonds is 7. The van der Waals surface area contributed by atoms with Crippen molar-refractivity contribution in [2.24, 2.45) is 0 Å². The summed E-state index contributed by atoms with van der Waals surface area (Å²) < 4.78 is 1.96. The SMILES string of the molecule is O=C(NC1CC1)c1ccc(CN(C(=O)Cc2cn3ccsc3n2)C2CC2)cc1. The smallest absolute Gasteiger partial charge is 0.251 e. The molecule has 0 bridgehead atoms. The minimum Gasteiger partial charge on any atom is -0.349 e. The van der Waals surface area contributed by atoms with Crippen molar-refractivity contribution in [3.63, 3.8) is 0 Å². The Bertz CT molecular complexity index is 986. The molecule has 0 unspecified atom stereocenters. The van der Waals surface area contributed by atoms with Gasteiger partial charge >= 0.3 is 0 Å². The van der Waals surface area contributed by atoms with Crippen molar-refractivity contribution in [2.45, 2.75) is 50.7 Å². The first-order valence-corrected chi connectivity index (χ1v) is 10.6. The zero-order valence-electron chi connectivity index (χ0n) is 15.5. The van der Waals surface area contributed by atoms with E-state index in [2.05, 4.69) is 10.3 Å². The second-order valence-corrected chi connectivity index (χ2v) is 8.57. The number of amides is 2. The van der Waals surface area contributed by atoms with Crippen LogP contribution in [0.4, 0.5) is 0 Å². The number of nitrogens with zero attached hydrogens (tertiary/aromatic N) is 3. The quantitative estimate of drug-likeness (QED) is 0.670. The summed E-state index contributed by atoms with van der Waals surface area (Å²) in [7, 11) is 0. The highest BCUT2D eigenvalue weighted by atomic mass is 32.1. The third kappa shape index (κ3) is 3.80. The van der Waals surface area contributed by atoms with Gasteiger partial charge in [0.05, 0.1) is 12.1 Å². The average molecular weight is 395 g/mol. The highest BCUT2D eigenvalue weighted by molar-refractivity contribution is 7.15. The Kier molecular flexibility index (Phi) is 4.39. The Hall–Kier alpha value is -2.67. The normalized spacial score (nSPS) is 16.3. The zero-order chi connectivity index (χ0) is 19.1. The maximum atomic E-state index is 12.9. The van der Waals surface area contributed by atoms with E-state index in [4.69, 9.17) is 0 Å². The van der Waals surface area contributed by atoms with E-state index < -0.39 is 0 Å². The number of hydrogen-bond acceptors (Lipinski definition) is 4. The van der Waals surface area contributed by atoms with Crippen LogP contribution in [-0.2, 0) is 17.8 Å². The average Bonchev–Trinajstić information content (AvgIpc) is 3.59. The molecule has 2 aliphatic carbocycles. The van der Waals surface area contributed by atoms with E-state index in [1.807, 2.05) is 51.3 Å². The second kappa shape index (κ2) is 7.05. The molecule has 2 heterocycles. The van der Waals surface area contributed by atoms with E-state index in [-0.39, 0.29) is 11.8 Å². The van der Waals surface area contributed by atoms with Crippen LogP contribution in [0.15, 0.2) is 42.0 Å². The number of aromatic nitrogens is 2. The predicted octanol–water partition coefficient (Wildman–Crippen LogP) is 3.02. The van der Waals surface area contributed by atoms with Gasteiger partial charge in [0.2, 0.25) is 5.91 Å². The molecule has 3 aromatic rings. The molecule has 1 N–H and O–H groups in total. The first kappa shape index (κ1) is 17.4. The molecule has 0 radical (unpaired) electrons. The molecule has 0 aliphatic heterocycles. The number of fused-ring (bicyclic) bond motifs is 1. The molecule has 2 aromatic heterocycles. The number of benzene rings is 1. The van der Waals surface area contributed by atoms with Gasteiger partial charge in [-0.3, -0.25) is 14.0 Å². The molecule has 0 atom stereocenters. The molecule has 144 valence electrons. The minimum absolute atomic E-state index is 0.0103. The van der Waals surface area contributed by atoms with E-state index in [9.17, 15) is 9.59 Å². The number of carbonyl (C=O) groups is 2. The molecule has 0 saturated heterocycles. The Morgan fingerprint density at radius 3 is 2.64 bits per heavy atom. The van der Waals surface area contributed by atoms with E-state index in [0.717, 1.165) is 41.9 Å². The van der Waals surface area contributed by atoms with E-state index in [0.29, 0.717) is 30.6 Å². The van der Waals surface area contributed by atoms with Crippen LogP contribution in [0.2, 0.25) is 0 Å². The van der Waals surface area contributed by atoms with Crippen LogP contribution >= 0.6 is 11.3 Å². The fraction of sp³-hybridized carbons (Fsp3) is 0.381. The van der Waals surface area contributed by atoms with Gasteiger partial charge < -0.3 is 10.2 Å². The van der Waals surface area contributed by atoms with Crippen LogP contribution in [0, 0.1) is 0 Å². The third-order valence-corrected chi connectivity index (χ3v) is 6.04. The molecule has 2 amide bonds. The van der Waals surface area contributed by atoms with Gasteiger partial charge in [-0.05, 0) is 43.4 Å². The Balaban J connectivity index is 1.25. The summed E-state index contributed by atoms with van der Waals surface area (Å²) in [4.78, 5) is 32.5. The lowest BCUT2D eigenvalue weighted by Gasteiger charge is -2.22. The first-order chi connectivity index (χ1) is 13.7. The summed E-state index contributed by atoms with van der Waals surface area (Å²) in [6, 6.07) is 8.30. The number of nitrogens with one attached hydrogen (secondary N) is 1. The lowest BCUT2D eigenvalue weighted by atomic mass is 10.1. The molecule has 5 rings (SSSR count). The molecule has 28 heavy (non-hydrogen) atoms. The predicted molar refractivity (Wildman–Crippen MR) is 107 cm³/mol. The Morgan fingerprint density at radius 2 is 1.96 bits per heavy atom. The van der Waals surface area contributed by atoms with Gasteiger partial charge in [-0.15, -0.1) is 11.3 Å². The molecule has 6 nitrogen and oxygen atoms in total. The second-order valence-electron chi connectivity index (χ2n) is 7.70. The summed E-state index contributed by atoms with van der Waals surface area (Å²) in [5, 5.41) is 4.99. The van der Waals surface area contributed by atoms with Crippen LogP contribution in [-0.4, -0.2) is 38.2 Å². The van der Waals surface area contributed by atoms with Crippen molar-refractivity contribution in [1.29, 1.82) is 0 Å². The van der Waals surface area contributed by atoms with Crippen LogP contribution in [0.3, 0.4) is 0 Å². The fourth-order valence-corrected chi connectivity index (χ4v) is 4.10. The monoisotopic (exact) mass is 394 g/mol. The summed E-state index contributed by atoms with van der Waals surface area (Å²) in [6.07, 6.45) is 8.50. The van der Waals surface area contributed by atoms with E-state index >= 15 is 0 Å². The highest BCUT2D eigenvalue weighted by Crippen LogP contribution is 2.29. The lowest BCUT2D eigenvalue weighted by Crippen LogP contribution is -2.34. The molecule has 7 heteroatoms.